The summed E-state index contributed by atoms with van der Waals surface area (Å²) in [6.45, 7) is 3.01. The second kappa shape index (κ2) is 11.4. The first-order chi connectivity index (χ1) is 19.2. The number of fused-ring (bicyclic) bond motifs is 1. The van der Waals surface area contributed by atoms with Gasteiger partial charge in [-0.1, -0.05) is 73.7 Å². The molecule has 1 fully saturated rings. The Kier molecular flexibility index (Phi) is 7.34. The van der Waals surface area contributed by atoms with Crippen molar-refractivity contribution in [3.8, 4) is 0 Å². The molecule has 5 aromatic rings. The van der Waals surface area contributed by atoms with Crippen molar-refractivity contribution in [1.29, 1.82) is 0 Å². The van der Waals surface area contributed by atoms with E-state index in [1.165, 1.54) is 23.1 Å². The van der Waals surface area contributed by atoms with Crippen molar-refractivity contribution in [2.75, 3.05) is 6.61 Å². The number of rotatable bonds is 7. The van der Waals surface area contributed by atoms with Crippen LogP contribution in [-0.2, 0) is 4.74 Å². The lowest BCUT2D eigenvalue weighted by atomic mass is 9.87. The molecule has 6 nitrogen and oxygen atoms in total. The van der Waals surface area contributed by atoms with E-state index in [1.807, 2.05) is 23.0 Å². The normalized spacial score (nSPS) is 16.6. The van der Waals surface area contributed by atoms with Crippen LogP contribution in [0.15, 0.2) is 83.8 Å². The number of hydrogen-bond acceptors (Lipinski definition) is 5. The summed E-state index contributed by atoms with van der Waals surface area (Å²) >= 11 is 0.926. The Balaban J connectivity index is 1.41. The highest BCUT2D eigenvalue weighted by Gasteiger charge is 2.20. The van der Waals surface area contributed by atoms with Crippen LogP contribution in [0.3, 0.4) is 0 Å². The summed E-state index contributed by atoms with van der Waals surface area (Å²) < 4.78 is 12.2. The number of hydrogen-bond donors (Lipinski definition) is 1. The van der Waals surface area contributed by atoms with Crippen LogP contribution >= 0.6 is 11.5 Å². The van der Waals surface area contributed by atoms with E-state index >= 15 is 0 Å². The van der Waals surface area contributed by atoms with Gasteiger partial charge in [0.1, 0.15) is 5.82 Å². The first-order valence-corrected chi connectivity index (χ1v) is 14.2. The van der Waals surface area contributed by atoms with E-state index in [-0.39, 0.29) is 11.1 Å². The fourth-order valence-electron chi connectivity index (χ4n) is 5.28. The van der Waals surface area contributed by atoms with Crippen LogP contribution in [-0.4, -0.2) is 25.7 Å². The van der Waals surface area contributed by atoms with Gasteiger partial charge >= 0.3 is 4.87 Å². The molecule has 0 spiro atoms. The fourth-order valence-corrected chi connectivity index (χ4v) is 5.72. The second-order valence-corrected chi connectivity index (χ2v) is 10.4. The van der Waals surface area contributed by atoms with E-state index in [0.29, 0.717) is 5.82 Å². The highest BCUT2D eigenvalue weighted by Crippen LogP contribution is 2.36. The van der Waals surface area contributed by atoms with Gasteiger partial charge in [0.2, 0.25) is 0 Å². The van der Waals surface area contributed by atoms with E-state index < -0.39 is 0 Å². The minimum Gasteiger partial charge on any atom is -0.356 e. The summed E-state index contributed by atoms with van der Waals surface area (Å²) in [4.78, 5) is 13.9. The highest BCUT2D eigenvalue weighted by molar-refractivity contribution is 7.02. The van der Waals surface area contributed by atoms with Crippen molar-refractivity contribution in [2.24, 2.45) is 0 Å². The van der Waals surface area contributed by atoms with Gasteiger partial charge in [-0.3, -0.25) is 9.78 Å². The second-order valence-electron chi connectivity index (χ2n) is 9.69. The van der Waals surface area contributed by atoms with Crippen molar-refractivity contribution < 1.29 is 4.74 Å². The Labute approximate surface area is 231 Å². The molecule has 1 saturated heterocycles. The van der Waals surface area contributed by atoms with Crippen molar-refractivity contribution >= 4 is 45.7 Å². The van der Waals surface area contributed by atoms with E-state index in [4.69, 9.17) is 9.84 Å². The topological polar surface area (TPSA) is 72.8 Å². The summed E-state index contributed by atoms with van der Waals surface area (Å²) in [5, 5.41) is 5.83. The molecule has 6 rings (SSSR count). The third-order valence-electron chi connectivity index (χ3n) is 7.18. The molecule has 1 atom stereocenters. The molecule has 0 saturated carbocycles. The summed E-state index contributed by atoms with van der Waals surface area (Å²) in [5.41, 5.74) is 8.18. The SMILES string of the molecule is CCC(=C(c1ccc(C=Cc2nsc(=O)[nH]2)cc1)c1ccc2c(cnn2C2CCCCO2)c1)c1ccccc1. The molecule has 1 unspecified atom stereocenters. The molecule has 3 heterocycles. The van der Waals surface area contributed by atoms with Crippen molar-refractivity contribution in [2.45, 2.75) is 38.8 Å². The molecule has 0 aliphatic carbocycles. The molecule has 0 amide bonds. The van der Waals surface area contributed by atoms with E-state index in [9.17, 15) is 4.79 Å². The van der Waals surface area contributed by atoms with Crippen LogP contribution < -0.4 is 4.87 Å². The van der Waals surface area contributed by atoms with E-state index in [1.54, 1.807) is 0 Å². The first-order valence-electron chi connectivity index (χ1n) is 13.4. The predicted molar refractivity (Wildman–Crippen MR) is 159 cm³/mol. The number of nitrogens with one attached hydrogen (secondary N) is 1. The molecule has 0 bridgehead atoms. The lowest BCUT2D eigenvalue weighted by Crippen LogP contribution is -2.18. The van der Waals surface area contributed by atoms with Crippen LogP contribution in [0.5, 0.6) is 0 Å². The van der Waals surface area contributed by atoms with Crippen molar-refractivity contribution in [3.05, 3.63) is 117 Å². The maximum Gasteiger partial charge on any atom is 0.323 e. The Morgan fingerprint density at radius 1 is 1.03 bits per heavy atom. The molecule has 3 aromatic carbocycles. The summed E-state index contributed by atoms with van der Waals surface area (Å²) in [6, 6.07) is 25.8. The quantitative estimate of drug-likeness (QED) is 0.221. The minimum atomic E-state index is -0.151. The van der Waals surface area contributed by atoms with Crippen LogP contribution in [0.2, 0.25) is 0 Å². The number of benzene rings is 3. The zero-order valence-electron chi connectivity index (χ0n) is 21.8. The molecule has 1 aliphatic rings. The van der Waals surface area contributed by atoms with Crippen LogP contribution in [0.1, 0.15) is 66.9 Å². The third-order valence-corrected chi connectivity index (χ3v) is 7.74. The number of ether oxygens (including phenoxy) is 1. The Bertz CT molecular complexity index is 1690. The maximum atomic E-state index is 11.4. The maximum absolute atomic E-state index is 11.4. The van der Waals surface area contributed by atoms with Crippen LogP contribution in [0.4, 0.5) is 0 Å². The van der Waals surface area contributed by atoms with E-state index in [2.05, 4.69) is 89.1 Å². The standard InChI is InChI=1S/C32H30N4O2S/c1-2-27(23-8-4-3-5-9-23)31(24-14-11-22(12-15-24)13-18-29-34-32(37)39-35-29)25-16-17-28-26(20-25)21-33-36(28)30-10-6-7-19-38-30/h3-5,8-9,11-18,20-21,30H,2,6-7,10,19H2,1H3,(H,34,35,37). The van der Waals surface area contributed by atoms with E-state index in [0.717, 1.165) is 65.0 Å². The summed E-state index contributed by atoms with van der Waals surface area (Å²) in [6.07, 6.45) is 9.93. The smallest absolute Gasteiger partial charge is 0.323 e. The molecular weight excluding hydrogens is 504 g/mol. The number of aromatic amines is 1. The number of nitrogens with zero attached hydrogens (tertiary/aromatic N) is 3. The monoisotopic (exact) mass is 534 g/mol. The fraction of sp³-hybridized carbons (Fsp3) is 0.219. The first kappa shape index (κ1) is 25.2. The van der Waals surface area contributed by atoms with Gasteiger partial charge in [-0.25, -0.2) is 4.68 Å². The van der Waals surface area contributed by atoms with Gasteiger partial charge in [-0.05, 0) is 77.3 Å². The van der Waals surface area contributed by atoms with Gasteiger partial charge in [0, 0.05) is 23.5 Å². The molecule has 7 heteroatoms. The molecule has 1 aliphatic heterocycles. The average molecular weight is 535 g/mol. The summed E-state index contributed by atoms with van der Waals surface area (Å²) in [7, 11) is 0. The Morgan fingerprint density at radius 2 is 1.85 bits per heavy atom. The molecule has 2 aromatic heterocycles. The molecule has 196 valence electrons. The van der Waals surface area contributed by atoms with Crippen molar-refractivity contribution in [1.82, 2.24) is 19.1 Å². The third kappa shape index (κ3) is 5.41. The molecule has 0 radical (unpaired) electrons. The minimum absolute atomic E-state index is 0.00958. The predicted octanol–water partition coefficient (Wildman–Crippen LogP) is 7.42. The lowest BCUT2D eigenvalue weighted by Gasteiger charge is -2.23. The van der Waals surface area contributed by atoms with Gasteiger partial charge in [-0.2, -0.15) is 9.47 Å². The zero-order valence-corrected chi connectivity index (χ0v) is 22.7. The highest BCUT2D eigenvalue weighted by atomic mass is 32.1. The Morgan fingerprint density at radius 3 is 2.56 bits per heavy atom. The van der Waals surface area contributed by atoms with Crippen molar-refractivity contribution in [3.63, 3.8) is 0 Å². The zero-order chi connectivity index (χ0) is 26.6. The van der Waals surface area contributed by atoms with Crippen LogP contribution in [0.25, 0.3) is 34.2 Å². The van der Waals surface area contributed by atoms with Gasteiger partial charge < -0.3 is 4.74 Å². The Hall–Kier alpha value is -4.07. The van der Waals surface area contributed by atoms with Crippen LogP contribution in [0, 0.1) is 0 Å². The number of H-pyrrole nitrogens is 1. The lowest BCUT2D eigenvalue weighted by molar-refractivity contribution is -0.0366. The summed E-state index contributed by atoms with van der Waals surface area (Å²) in [5.74, 6) is 0.569. The molecule has 39 heavy (non-hydrogen) atoms. The number of aromatic nitrogens is 4. The molecular formula is C32H30N4O2S. The number of allylic oxidation sites excluding steroid dienone is 1. The van der Waals surface area contributed by atoms with Gasteiger partial charge in [0.05, 0.1) is 11.7 Å². The molecule has 1 N–H and O–H groups in total. The van der Waals surface area contributed by atoms with Gasteiger partial charge in [0.25, 0.3) is 0 Å². The van der Waals surface area contributed by atoms with Gasteiger partial charge in [-0.15, -0.1) is 0 Å². The van der Waals surface area contributed by atoms with Gasteiger partial charge in [0.15, 0.2) is 6.23 Å². The average Bonchev–Trinajstić information content (AvgIpc) is 3.61. The largest absolute Gasteiger partial charge is 0.356 e.